The van der Waals surface area contributed by atoms with Crippen LogP contribution in [0.2, 0.25) is 0 Å². The highest BCUT2D eigenvalue weighted by atomic mass is 19.3. The lowest BCUT2D eigenvalue weighted by Crippen LogP contribution is -2.36. The van der Waals surface area contributed by atoms with E-state index in [1.165, 1.54) is 18.7 Å². The average Bonchev–Trinajstić information content (AvgIpc) is 3.11. The van der Waals surface area contributed by atoms with E-state index in [1.807, 2.05) is 0 Å². The van der Waals surface area contributed by atoms with Crippen LogP contribution in [0.3, 0.4) is 0 Å². The molecular formula is C14H17F2N5O2. The van der Waals surface area contributed by atoms with Crippen molar-refractivity contribution >= 4 is 5.91 Å². The summed E-state index contributed by atoms with van der Waals surface area (Å²) in [5.41, 5.74) is -0.688. The number of aromatic nitrogens is 4. The van der Waals surface area contributed by atoms with Crippen LogP contribution in [0.5, 0.6) is 0 Å². The van der Waals surface area contributed by atoms with Crippen LogP contribution in [0.25, 0.3) is 0 Å². The molecule has 0 bridgehead atoms. The van der Waals surface area contributed by atoms with Gasteiger partial charge in [0, 0.05) is 13.0 Å². The summed E-state index contributed by atoms with van der Waals surface area (Å²) in [5, 5.41) is 9.93. The van der Waals surface area contributed by atoms with Gasteiger partial charge in [-0.2, -0.15) is 0 Å². The van der Waals surface area contributed by atoms with Gasteiger partial charge in [0.2, 0.25) is 0 Å². The number of aromatic amines is 2. The van der Waals surface area contributed by atoms with Gasteiger partial charge in [0.15, 0.2) is 5.69 Å². The minimum atomic E-state index is -2.88. The van der Waals surface area contributed by atoms with Crippen molar-refractivity contribution in [2.75, 3.05) is 6.54 Å². The lowest BCUT2D eigenvalue weighted by molar-refractivity contribution is 0.0682. The topological polar surface area (TPSA) is 97.9 Å². The second-order valence-electron chi connectivity index (χ2n) is 6.01. The summed E-state index contributed by atoms with van der Waals surface area (Å²) in [7, 11) is 0. The number of nitrogens with zero attached hydrogens (tertiary/aromatic N) is 3. The molecule has 7 nitrogen and oxygen atoms in total. The summed E-state index contributed by atoms with van der Waals surface area (Å²) in [6, 6.07) is 0. The van der Waals surface area contributed by atoms with E-state index in [0.717, 1.165) is 11.4 Å². The van der Waals surface area contributed by atoms with E-state index in [0.29, 0.717) is 13.0 Å². The zero-order chi connectivity index (χ0) is 16.8. The number of nitrogens with one attached hydrogen (secondary N) is 2. The first-order valence-corrected chi connectivity index (χ1v) is 7.18. The number of imidazole rings is 2. The normalized spacial score (nSPS) is 15.1. The molecule has 0 unspecified atom stereocenters. The summed E-state index contributed by atoms with van der Waals surface area (Å²) >= 11 is 0. The minimum absolute atomic E-state index is 0.0598. The van der Waals surface area contributed by atoms with Crippen molar-refractivity contribution in [3.63, 3.8) is 0 Å². The lowest BCUT2D eigenvalue weighted by Gasteiger charge is -2.25. The fourth-order valence-corrected chi connectivity index (χ4v) is 2.53. The van der Waals surface area contributed by atoms with Gasteiger partial charge in [0.25, 0.3) is 12.3 Å². The number of halogens is 2. The van der Waals surface area contributed by atoms with E-state index in [1.54, 1.807) is 6.33 Å². The standard InChI is InChI=1S/C14H17F2N5O2/c1-14(2,23)13-19-9(11(15)16)10(20-13)12(22)21-4-3-7-8(5-21)18-6-17-7/h6,11,23H,3-5H2,1-2H3,(H,17,18)(H,19,20). The van der Waals surface area contributed by atoms with Crippen molar-refractivity contribution in [1.82, 2.24) is 24.8 Å². The van der Waals surface area contributed by atoms with Crippen LogP contribution in [-0.2, 0) is 18.6 Å². The second kappa shape index (κ2) is 5.41. The van der Waals surface area contributed by atoms with Gasteiger partial charge in [-0.25, -0.2) is 18.7 Å². The summed E-state index contributed by atoms with van der Waals surface area (Å²) in [4.78, 5) is 27.4. The zero-order valence-electron chi connectivity index (χ0n) is 12.7. The molecular weight excluding hydrogens is 308 g/mol. The Kier molecular flexibility index (Phi) is 3.67. The van der Waals surface area contributed by atoms with E-state index in [4.69, 9.17) is 0 Å². The number of carbonyl (C=O) groups is 1. The molecule has 3 heterocycles. The predicted octanol–water partition coefficient (Wildman–Crippen LogP) is 1.50. The van der Waals surface area contributed by atoms with Crippen LogP contribution < -0.4 is 0 Å². The Morgan fingerprint density at radius 3 is 2.87 bits per heavy atom. The Labute approximate surface area is 130 Å². The second-order valence-corrected chi connectivity index (χ2v) is 6.01. The number of hydrogen-bond acceptors (Lipinski definition) is 4. The van der Waals surface area contributed by atoms with Crippen LogP contribution >= 0.6 is 0 Å². The predicted molar refractivity (Wildman–Crippen MR) is 75.8 cm³/mol. The quantitative estimate of drug-likeness (QED) is 0.796. The average molecular weight is 325 g/mol. The fourth-order valence-electron chi connectivity index (χ4n) is 2.53. The Balaban J connectivity index is 1.92. The number of amides is 1. The smallest absolute Gasteiger partial charge is 0.280 e. The van der Waals surface area contributed by atoms with E-state index in [2.05, 4.69) is 19.9 Å². The molecule has 0 aliphatic carbocycles. The molecule has 1 amide bonds. The molecule has 0 spiro atoms. The van der Waals surface area contributed by atoms with Gasteiger partial charge in [-0.1, -0.05) is 0 Å². The number of aliphatic hydroxyl groups is 1. The number of rotatable bonds is 3. The first-order chi connectivity index (χ1) is 10.8. The fraction of sp³-hybridized carbons (Fsp3) is 0.500. The van der Waals surface area contributed by atoms with Crippen molar-refractivity contribution in [1.29, 1.82) is 0 Å². The summed E-state index contributed by atoms with van der Waals surface area (Å²) in [6.45, 7) is 3.46. The van der Waals surface area contributed by atoms with Crippen molar-refractivity contribution in [3.05, 3.63) is 34.9 Å². The largest absolute Gasteiger partial charge is 0.383 e. The molecule has 1 aliphatic rings. The van der Waals surface area contributed by atoms with Gasteiger partial charge < -0.3 is 20.0 Å². The highest BCUT2D eigenvalue weighted by Gasteiger charge is 2.32. The van der Waals surface area contributed by atoms with Crippen LogP contribution in [0.1, 0.15) is 53.7 Å². The van der Waals surface area contributed by atoms with Gasteiger partial charge in [-0.3, -0.25) is 4.79 Å². The lowest BCUT2D eigenvalue weighted by atomic mass is 10.1. The first kappa shape index (κ1) is 15.6. The number of carbonyl (C=O) groups excluding carboxylic acids is 1. The van der Waals surface area contributed by atoms with Crippen molar-refractivity contribution in [2.45, 2.75) is 38.8 Å². The summed E-state index contributed by atoms with van der Waals surface area (Å²) in [6.07, 6.45) is -0.785. The van der Waals surface area contributed by atoms with Crippen LogP contribution in [-0.4, -0.2) is 42.4 Å². The van der Waals surface area contributed by atoms with Gasteiger partial charge in [0.05, 0.1) is 24.3 Å². The Hall–Kier alpha value is -2.29. The third-order valence-electron chi connectivity index (χ3n) is 3.79. The number of hydrogen-bond donors (Lipinski definition) is 3. The summed E-state index contributed by atoms with van der Waals surface area (Å²) in [5.74, 6) is -0.650. The van der Waals surface area contributed by atoms with Crippen LogP contribution in [0, 0.1) is 0 Å². The molecule has 23 heavy (non-hydrogen) atoms. The third-order valence-corrected chi connectivity index (χ3v) is 3.79. The van der Waals surface area contributed by atoms with E-state index < -0.39 is 23.6 Å². The van der Waals surface area contributed by atoms with Crippen LogP contribution in [0.4, 0.5) is 8.78 Å². The molecule has 1 aliphatic heterocycles. The van der Waals surface area contributed by atoms with Crippen molar-refractivity contribution in [2.24, 2.45) is 0 Å². The van der Waals surface area contributed by atoms with Gasteiger partial charge in [-0.05, 0) is 13.8 Å². The number of fused-ring (bicyclic) bond motifs is 1. The van der Waals surface area contributed by atoms with E-state index in [9.17, 15) is 18.7 Å². The van der Waals surface area contributed by atoms with Crippen molar-refractivity contribution in [3.8, 4) is 0 Å². The zero-order valence-corrected chi connectivity index (χ0v) is 12.7. The first-order valence-electron chi connectivity index (χ1n) is 7.18. The highest BCUT2D eigenvalue weighted by Crippen LogP contribution is 2.27. The molecule has 0 fully saturated rings. The van der Waals surface area contributed by atoms with Crippen LogP contribution in [0.15, 0.2) is 6.33 Å². The van der Waals surface area contributed by atoms with Gasteiger partial charge >= 0.3 is 0 Å². The third kappa shape index (κ3) is 2.83. The minimum Gasteiger partial charge on any atom is -0.383 e. The molecule has 0 saturated carbocycles. The Bertz CT molecular complexity index is 732. The molecule has 0 aromatic carbocycles. The number of H-pyrrole nitrogens is 2. The maximum atomic E-state index is 13.2. The summed E-state index contributed by atoms with van der Waals surface area (Å²) < 4.78 is 26.4. The molecule has 9 heteroatoms. The molecule has 3 N–H and O–H groups in total. The van der Waals surface area contributed by atoms with E-state index >= 15 is 0 Å². The Morgan fingerprint density at radius 2 is 2.22 bits per heavy atom. The molecule has 3 rings (SSSR count). The highest BCUT2D eigenvalue weighted by molar-refractivity contribution is 5.93. The van der Waals surface area contributed by atoms with Gasteiger partial charge in [-0.15, -0.1) is 0 Å². The molecule has 124 valence electrons. The SMILES string of the molecule is CC(C)(O)c1nc(C(=O)N2CCc3nc[nH]c3C2)c(C(F)F)[nH]1. The monoisotopic (exact) mass is 325 g/mol. The van der Waals surface area contributed by atoms with Gasteiger partial charge in [0.1, 0.15) is 17.1 Å². The molecule has 0 saturated heterocycles. The molecule has 2 aromatic rings. The maximum absolute atomic E-state index is 13.2. The van der Waals surface area contributed by atoms with E-state index in [-0.39, 0.29) is 18.1 Å². The molecule has 0 atom stereocenters. The molecule has 2 aromatic heterocycles. The molecule has 0 radical (unpaired) electrons. The Morgan fingerprint density at radius 1 is 1.48 bits per heavy atom. The van der Waals surface area contributed by atoms with Crippen molar-refractivity contribution < 1.29 is 18.7 Å². The maximum Gasteiger partial charge on any atom is 0.280 e. The number of alkyl halides is 2.